The number of thioether (sulfide) groups is 2. The molecule has 5 aliphatic heterocycles. The molecule has 18 heterocycles. The summed E-state index contributed by atoms with van der Waals surface area (Å²) in [7, 11) is -1.95. The maximum atomic E-state index is 6.35. The fourth-order valence-electron chi connectivity index (χ4n) is 22.9. The van der Waals surface area contributed by atoms with Crippen molar-refractivity contribution in [3.8, 4) is 17.0 Å². The highest BCUT2D eigenvalue weighted by atomic mass is 32.2. The molecule has 0 radical (unpaired) electrons. The van der Waals surface area contributed by atoms with Gasteiger partial charge in [-0.15, -0.1) is 23.5 Å². The van der Waals surface area contributed by atoms with E-state index in [-0.39, 0.29) is 0 Å². The van der Waals surface area contributed by atoms with Crippen LogP contribution in [0, 0.1) is 55.4 Å². The Morgan fingerprint density at radius 2 is 0.718 bits per heavy atom. The number of benzene rings is 13. The number of imidazole rings is 6. The van der Waals surface area contributed by atoms with Crippen LogP contribution in [0.3, 0.4) is 0 Å². The van der Waals surface area contributed by atoms with Crippen molar-refractivity contribution in [2.75, 3.05) is 0 Å². The number of aromatic nitrogens is 12. The highest BCUT2D eigenvalue weighted by Gasteiger charge is 2.37. The van der Waals surface area contributed by atoms with Gasteiger partial charge in [-0.1, -0.05) is 218 Å². The summed E-state index contributed by atoms with van der Waals surface area (Å²) in [5.41, 5.74) is 37.2. The molecule has 0 fully saturated rings. The highest BCUT2D eigenvalue weighted by Crippen LogP contribution is 2.47. The summed E-state index contributed by atoms with van der Waals surface area (Å²) in [5.74, 6) is 2.93. The van der Waals surface area contributed by atoms with Crippen molar-refractivity contribution in [2.45, 2.75) is 122 Å². The van der Waals surface area contributed by atoms with Crippen LogP contribution in [0.25, 0.3) is 186 Å². The minimum atomic E-state index is -1.95. The summed E-state index contributed by atoms with van der Waals surface area (Å²) in [5, 5.41) is 27.4. The number of aryl methyl sites for hydroxylation is 12. The minimum Gasteiger partial charge on any atom is -0.526 e. The molecule has 13 nitrogen and oxygen atoms in total. The van der Waals surface area contributed by atoms with Crippen LogP contribution in [0.4, 0.5) is 0 Å². The molecule has 13 aromatic carbocycles. The van der Waals surface area contributed by atoms with Crippen LogP contribution in [-0.2, 0) is 37.2 Å². The van der Waals surface area contributed by atoms with E-state index < -0.39 is 8.32 Å². The van der Waals surface area contributed by atoms with Gasteiger partial charge in [0.05, 0.1) is 69.1 Å². The topological polar surface area (TPSA) is 113 Å². The summed E-state index contributed by atoms with van der Waals surface area (Å²) in [6, 6.07) is 87.9. The lowest BCUT2D eigenvalue weighted by atomic mass is 9.91. The smallest absolute Gasteiger partial charge is 0.281 e. The zero-order valence-electron chi connectivity index (χ0n) is 74.6. The molecule has 0 aliphatic carbocycles. The molecule has 0 N–H and O–H groups in total. The van der Waals surface area contributed by atoms with E-state index in [1.54, 1.807) is 0 Å². The van der Waals surface area contributed by atoms with Gasteiger partial charge in [-0.2, -0.15) is 0 Å². The lowest BCUT2D eigenvalue weighted by molar-refractivity contribution is 0.532. The van der Waals surface area contributed by atoms with Crippen molar-refractivity contribution >= 4 is 212 Å². The van der Waals surface area contributed by atoms with Gasteiger partial charge in [0.25, 0.3) is 8.32 Å². The van der Waals surface area contributed by atoms with E-state index >= 15 is 0 Å². The third-order valence-corrected chi connectivity index (χ3v) is 33.4. The lowest BCUT2D eigenvalue weighted by Crippen LogP contribution is -2.51. The predicted octanol–water partition coefficient (Wildman–Crippen LogP) is 28.2. The Morgan fingerprint density at radius 1 is 0.290 bits per heavy atom. The zero-order valence-corrected chi connectivity index (χ0v) is 77.2. The lowest BCUT2D eigenvalue weighted by Gasteiger charge is -2.31. The maximum Gasteiger partial charge on any atom is 0.281 e. The normalized spacial score (nSPS) is 13.9. The summed E-state index contributed by atoms with van der Waals surface area (Å²) in [6.45, 7) is 22.2. The van der Waals surface area contributed by atoms with E-state index in [0.717, 1.165) is 82.5 Å². The van der Waals surface area contributed by atoms with E-state index in [0.29, 0.717) is 0 Å². The van der Waals surface area contributed by atoms with Gasteiger partial charge in [0.15, 0.2) is 0 Å². The second kappa shape index (κ2) is 29.3. The van der Waals surface area contributed by atoms with E-state index in [1.165, 1.54) is 246 Å². The largest absolute Gasteiger partial charge is 0.526 e. The first-order valence-electron chi connectivity index (χ1n) is 45.7. The van der Waals surface area contributed by atoms with Crippen LogP contribution in [-0.4, -0.2) is 64.6 Å². The molecular formula is C115H90N12OS2Si. The van der Waals surface area contributed by atoms with Gasteiger partial charge in [-0.05, 0) is 235 Å². The minimum absolute atomic E-state index is 0.889. The van der Waals surface area contributed by atoms with Crippen molar-refractivity contribution in [1.82, 2.24) is 56.3 Å². The van der Waals surface area contributed by atoms with Crippen LogP contribution >= 0.6 is 23.5 Å². The van der Waals surface area contributed by atoms with Crippen molar-refractivity contribution < 1.29 is 4.43 Å². The molecule has 131 heavy (non-hydrogen) atoms. The first-order chi connectivity index (χ1) is 64.1. The second-order valence-corrected chi connectivity index (χ2v) is 42.7. The molecule has 0 unspecified atom stereocenters. The predicted molar refractivity (Wildman–Crippen MR) is 550 cm³/mol. The molecule has 0 spiro atoms. The monoisotopic (exact) mass is 1750 g/mol. The molecule has 0 bridgehead atoms. The van der Waals surface area contributed by atoms with Crippen molar-refractivity contribution in [2.24, 2.45) is 0 Å². The molecule has 31 rings (SSSR count). The number of hydrogen-bond acceptors (Lipinski definition) is 9. The van der Waals surface area contributed by atoms with Gasteiger partial charge < -0.3 is 4.43 Å². The average Bonchev–Trinajstić information content (AvgIpc) is 1.68. The third kappa shape index (κ3) is 11.5. The van der Waals surface area contributed by atoms with Crippen LogP contribution in [0.1, 0.15) is 84.7 Å². The number of pyridine rings is 7. The highest BCUT2D eigenvalue weighted by molar-refractivity contribution is 7.99. The maximum absolute atomic E-state index is 6.35. The van der Waals surface area contributed by atoms with E-state index in [4.69, 9.17) is 14.4 Å². The van der Waals surface area contributed by atoms with E-state index in [1.807, 2.05) is 48.3 Å². The van der Waals surface area contributed by atoms with Crippen molar-refractivity contribution in [3.05, 3.63) is 358 Å². The van der Waals surface area contributed by atoms with Crippen LogP contribution in [0.15, 0.2) is 290 Å². The van der Waals surface area contributed by atoms with E-state index in [2.05, 4.69) is 370 Å². The number of nitrogens with zero attached hydrogens (tertiary/aromatic N) is 12. The van der Waals surface area contributed by atoms with Crippen LogP contribution in [0.5, 0.6) is 5.88 Å². The molecule has 13 aromatic heterocycles. The number of rotatable bonds is 1. The second-order valence-electron chi connectivity index (χ2n) is 37.0. The number of fused-ring (bicyclic) bond motifs is 18. The molecule has 16 heteroatoms. The Morgan fingerprint density at radius 3 is 1.31 bits per heavy atom. The Bertz CT molecular complexity index is 9300. The van der Waals surface area contributed by atoms with Gasteiger partial charge in [0.2, 0.25) is 5.88 Å². The van der Waals surface area contributed by atoms with Crippen molar-refractivity contribution in [3.63, 3.8) is 0 Å². The summed E-state index contributed by atoms with van der Waals surface area (Å²) < 4.78 is 20.4. The third-order valence-electron chi connectivity index (χ3n) is 28.9. The Labute approximate surface area is 764 Å². The molecule has 0 amide bonds. The Balaban J connectivity index is 0.0000000829. The summed E-state index contributed by atoms with van der Waals surface area (Å²) in [6.07, 6.45) is 17.7. The first-order valence-corrected chi connectivity index (χ1v) is 50.5. The molecule has 632 valence electrons. The van der Waals surface area contributed by atoms with Gasteiger partial charge in [0, 0.05) is 110 Å². The summed E-state index contributed by atoms with van der Waals surface area (Å²) >= 11 is 3.79. The first kappa shape index (κ1) is 77.7. The van der Waals surface area contributed by atoms with Crippen LogP contribution in [0.2, 0.25) is 13.1 Å². The Hall–Kier alpha value is -14.4. The quantitative estimate of drug-likeness (QED) is 0.0901. The molecule has 5 aliphatic rings. The fraction of sp³-hybridized carbons (Fsp3) is 0.148. The molecule has 0 saturated carbocycles. The van der Waals surface area contributed by atoms with Gasteiger partial charge in [-0.25, -0.2) is 29.9 Å². The number of hydrogen-bond donors (Lipinski definition) is 0. The molecule has 26 aromatic rings. The van der Waals surface area contributed by atoms with Gasteiger partial charge in [0.1, 0.15) is 38.9 Å². The van der Waals surface area contributed by atoms with Crippen molar-refractivity contribution in [1.29, 1.82) is 0 Å². The molecular weight excluding hydrogens is 1660 g/mol. The summed E-state index contributed by atoms with van der Waals surface area (Å²) in [4.78, 5) is 29.6. The molecule has 0 saturated heterocycles. The zero-order chi connectivity index (χ0) is 87.8. The average molecular weight is 1750 g/mol. The van der Waals surface area contributed by atoms with Gasteiger partial charge in [-0.3, -0.25) is 26.4 Å². The fourth-order valence-corrected chi connectivity index (χ4v) is 26.9. The molecule has 0 atom stereocenters. The Kier molecular flexibility index (Phi) is 17.4. The van der Waals surface area contributed by atoms with Gasteiger partial charge >= 0.3 is 0 Å². The standard InChI is InChI=1S/C26H22N2.C19H16N2.C18H16N2OSi.C18H12N2.2C17H12N2S/c1-15-5-4-6-16(2)23(15)19-10-12-21-22(13-19)24-17(3)7-8-18-9-11-20-14-27-26(21)28(20)25(18)24;1-12-9-10-13-5-4-6-14-11-20-19-16-8-3-2-7-15(16)17(12)18(13)21(14)19;1-11-8-9-14-17-16(11)12-6-4-5-7-13(12)18-19-10-15(20(17)18)21-22(14,2)3;1-11-6-7-12-8-9-13-10-19-18-15-5-3-2-4-14(15)16(11)17(12)20(13)18;1-10-6-7-14-16-15(10)12-4-2-3-5-13(12)17-18-8-11(9-20-14)19(16)17;1-10-6-7-11-9-20-14-8-18-17-13-5-3-2-4-12(13)15(10)16(11)19(14)17/h4-8,10,12-14H,9,11H2,1-3H3;2-3,7-11H,4-6H2,1H3;4-10H,1-3H3;2-10H,1H3;2*2-8H,9H2,1H3. The van der Waals surface area contributed by atoms with E-state index in [9.17, 15) is 0 Å². The SMILES string of the molecule is Cc1ccc2c3c1c1ccccc1c1ncc(n13)CCC2.Cc1ccc2c3c1c1ccccc1c1ncc(n13)CS2.Cc1ccc2c3c1c1ccccc1c1ncc(n13)O[Si]2(C)C.Cc1ccc2c3c1c1ccccc1c1ncc(n13)SC2.Cc1ccc2ccc3cnc4c5ccccc5c1c2n34.Cc1cccc(C)c1-c1ccc2c(c1)c1c(C)ccc3c1n1c(cnc21)CC3. The van der Waals surface area contributed by atoms with Crippen LogP contribution < -0.4 is 9.61 Å².